The number of hydrogen-bond acceptors (Lipinski definition) is 5. The van der Waals surface area contributed by atoms with Crippen LogP contribution in [0.3, 0.4) is 0 Å². The number of oxime groups is 1. The molecular weight excluding hydrogens is 312 g/mol. The highest BCUT2D eigenvalue weighted by Gasteiger charge is 2.42. The summed E-state index contributed by atoms with van der Waals surface area (Å²) in [6.07, 6.45) is 6.10. The Morgan fingerprint density at radius 2 is 1.88 bits per heavy atom. The van der Waals surface area contributed by atoms with Crippen LogP contribution in [0.5, 0.6) is 0 Å². The lowest BCUT2D eigenvalue weighted by Gasteiger charge is -2.16. The van der Waals surface area contributed by atoms with Gasteiger partial charge in [-0.2, -0.15) is 0 Å². The van der Waals surface area contributed by atoms with Crippen LogP contribution in [0.4, 0.5) is 0 Å². The molecule has 5 nitrogen and oxygen atoms in total. The number of hydrogen-bond donors (Lipinski definition) is 0. The van der Waals surface area contributed by atoms with Crippen molar-refractivity contribution >= 4 is 5.71 Å². The lowest BCUT2D eigenvalue weighted by Crippen LogP contribution is -2.23. The molecule has 2 aliphatic heterocycles. The molecule has 2 aliphatic rings. The summed E-state index contributed by atoms with van der Waals surface area (Å²) in [5, 5.41) is 4.36. The SMILES string of the molecule is CCCc1ncc(CN2C[C@@H]3C(c4ccc(C)cc4)=NO[C@@H]3C2)cn1. The standard InChI is InChI=1S/C20H24N4O/c1-3-4-19-21-9-15(10-22-19)11-24-12-17-18(13-24)25-23-20(17)16-7-5-14(2)6-8-16/h5-10,17-18H,3-4,11-13H2,1-2H3/t17-,18+/m0/s1. The molecule has 0 saturated carbocycles. The van der Waals surface area contributed by atoms with Crippen molar-refractivity contribution in [2.24, 2.45) is 11.1 Å². The number of aryl methyl sites for hydroxylation is 2. The van der Waals surface area contributed by atoms with Gasteiger partial charge >= 0.3 is 0 Å². The summed E-state index contributed by atoms with van der Waals surface area (Å²) in [7, 11) is 0. The lowest BCUT2D eigenvalue weighted by molar-refractivity contribution is 0.0745. The molecule has 0 radical (unpaired) electrons. The Morgan fingerprint density at radius 1 is 1.12 bits per heavy atom. The maximum absolute atomic E-state index is 5.71. The molecule has 2 aromatic rings. The van der Waals surface area contributed by atoms with Crippen LogP contribution in [0.15, 0.2) is 41.8 Å². The van der Waals surface area contributed by atoms with Gasteiger partial charge < -0.3 is 4.84 Å². The molecular formula is C20H24N4O. The Balaban J connectivity index is 1.41. The summed E-state index contributed by atoms with van der Waals surface area (Å²) in [4.78, 5) is 17.0. The predicted molar refractivity (Wildman–Crippen MR) is 97.4 cm³/mol. The van der Waals surface area contributed by atoms with Crippen LogP contribution in [0, 0.1) is 12.8 Å². The molecule has 1 saturated heterocycles. The quantitative estimate of drug-likeness (QED) is 0.842. The van der Waals surface area contributed by atoms with Gasteiger partial charge in [0.2, 0.25) is 0 Å². The summed E-state index contributed by atoms with van der Waals surface area (Å²) in [6.45, 7) is 6.98. The zero-order valence-electron chi connectivity index (χ0n) is 14.9. The van der Waals surface area contributed by atoms with Gasteiger partial charge in [0, 0.05) is 44.0 Å². The minimum absolute atomic E-state index is 0.164. The summed E-state index contributed by atoms with van der Waals surface area (Å²) in [5.41, 5.74) is 4.68. The average molecular weight is 336 g/mol. The molecule has 0 spiro atoms. The van der Waals surface area contributed by atoms with E-state index >= 15 is 0 Å². The van der Waals surface area contributed by atoms with Crippen molar-refractivity contribution in [3.63, 3.8) is 0 Å². The molecule has 2 atom stereocenters. The van der Waals surface area contributed by atoms with E-state index in [0.717, 1.165) is 49.6 Å². The topological polar surface area (TPSA) is 50.6 Å². The molecule has 0 aliphatic carbocycles. The Bertz CT molecular complexity index is 754. The third-order valence-electron chi connectivity index (χ3n) is 4.97. The number of benzene rings is 1. The lowest BCUT2D eigenvalue weighted by atomic mass is 9.94. The van der Waals surface area contributed by atoms with Crippen LogP contribution in [0.1, 0.15) is 35.9 Å². The van der Waals surface area contributed by atoms with Crippen molar-refractivity contribution in [1.29, 1.82) is 0 Å². The van der Waals surface area contributed by atoms with E-state index in [9.17, 15) is 0 Å². The number of aromatic nitrogens is 2. The Labute approximate surface area is 148 Å². The second-order valence-corrected chi connectivity index (χ2v) is 7.04. The second-order valence-electron chi connectivity index (χ2n) is 7.04. The van der Waals surface area contributed by atoms with Crippen molar-refractivity contribution in [2.45, 2.75) is 39.3 Å². The molecule has 1 aromatic carbocycles. The largest absolute Gasteiger partial charge is 0.390 e. The van der Waals surface area contributed by atoms with E-state index in [0.29, 0.717) is 5.92 Å². The number of nitrogens with zero attached hydrogens (tertiary/aromatic N) is 4. The molecule has 1 fully saturated rings. The van der Waals surface area contributed by atoms with Crippen LogP contribution in [0.25, 0.3) is 0 Å². The monoisotopic (exact) mass is 336 g/mol. The molecule has 25 heavy (non-hydrogen) atoms. The van der Waals surface area contributed by atoms with Crippen molar-refractivity contribution < 1.29 is 4.84 Å². The van der Waals surface area contributed by atoms with E-state index in [4.69, 9.17) is 4.84 Å². The molecule has 130 valence electrons. The third kappa shape index (κ3) is 3.42. The fourth-order valence-electron chi connectivity index (χ4n) is 3.61. The third-order valence-corrected chi connectivity index (χ3v) is 4.97. The molecule has 1 aromatic heterocycles. The fourth-order valence-corrected chi connectivity index (χ4v) is 3.61. The minimum atomic E-state index is 0.164. The van der Waals surface area contributed by atoms with E-state index in [-0.39, 0.29) is 6.10 Å². The molecule has 0 amide bonds. The predicted octanol–water partition coefficient (Wildman–Crippen LogP) is 2.97. The molecule has 4 rings (SSSR count). The summed E-state index contributed by atoms with van der Waals surface area (Å²) in [6, 6.07) is 8.55. The first-order chi connectivity index (χ1) is 12.2. The zero-order valence-corrected chi connectivity index (χ0v) is 14.9. The maximum Gasteiger partial charge on any atom is 0.149 e. The van der Waals surface area contributed by atoms with Gasteiger partial charge in [0.05, 0.1) is 11.6 Å². The van der Waals surface area contributed by atoms with Gasteiger partial charge in [-0.3, -0.25) is 4.90 Å². The maximum atomic E-state index is 5.71. The van der Waals surface area contributed by atoms with Crippen molar-refractivity contribution in [2.75, 3.05) is 13.1 Å². The van der Waals surface area contributed by atoms with Crippen LogP contribution in [-0.2, 0) is 17.8 Å². The highest BCUT2D eigenvalue weighted by atomic mass is 16.6. The van der Waals surface area contributed by atoms with Gasteiger partial charge in [0.25, 0.3) is 0 Å². The van der Waals surface area contributed by atoms with E-state index in [2.05, 4.69) is 58.1 Å². The van der Waals surface area contributed by atoms with Crippen molar-refractivity contribution in [3.8, 4) is 0 Å². The average Bonchev–Trinajstić information content (AvgIpc) is 3.18. The van der Waals surface area contributed by atoms with Crippen LogP contribution >= 0.6 is 0 Å². The first-order valence-electron chi connectivity index (χ1n) is 9.06. The van der Waals surface area contributed by atoms with E-state index < -0.39 is 0 Å². The molecule has 0 bridgehead atoms. The number of fused-ring (bicyclic) bond motifs is 1. The fraction of sp³-hybridized carbons (Fsp3) is 0.450. The van der Waals surface area contributed by atoms with Gasteiger partial charge in [-0.05, 0) is 18.9 Å². The Morgan fingerprint density at radius 3 is 2.60 bits per heavy atom. The van der Waals surface area contributed by atoms with Gasteiger partial charge in [-0.15, -0.1) is 0 Å². The van der Waals surface area contributed by atoms with Crippen LogP contribution in [-0.4, -0.2) is 39.8 Å². The van der Waals surface area contributed by atoms with Crippen molar-refractivity contribution in [3.05, 3.63) is 59.2 Å². The normalized spacial score (nSPS) is 22.6. The minimum Gasteiger partial charge on any atom is -0.390 e. The molecule has 5 heteroatoms. The molecule has 3 heterocycles. The second kappa shape index (κ2) is 6.92. The first kappa shape index (κ1) is 16.2. The molecule has 0 N–H and O–H groups in total. The zero-order chi connectivity index (χ0) is 17.2. The van der Waals surface area contributed by atoms with Gasteiger partial charge in [-0.25, -0.2) is 9.97 Å². The smallest absolute Gasteiger partial charge is 0.149 e. The summed E-state index contributed by atoms with van der Waals surface area (Å²) >= 11 is 0. The van der Waals surface area contributed by atoms with E-state index in [1.807, 2.05) is 12.4 Å². The van der Waals surface area contributed by atoms with Crippen LogP contribution in [0.2, 0.25) is 0 Å². The Hall–Kier alpha value is -2.27. The highest BCUT2D eigenvalue weighted by molar-refractivity contribution is 6.03. The van der Waals surface area contributed by atoms with Crippen molar-refractivity contribution in [1.82, 2.24) is 14.9 Å². The van der Waals surface area contributed by atoms with Crippen LogP contribution < -0.4 is 0 Å². The van der Waals surface area contributed by atoms with Gasteiger partial charge in [0.15, 0.2) is 0 Å². The van der Waals surface area contributed by atoms with Gasteiger partial charge in [-0.1, -0.05) is 41.9 Å². The molecule has 0 unspecified atom stereocenters. The van der Waals surface area contributed by atoms with E-state index in [1.54, 1.807) is 0 Å². The Kier molecular flexibility index (Phi) is 4.49. The van der Waals surface area contributed by atoms with Gasteiger partial charge in [0.1, 0.15) is 11.9 Å². The summed E-state index contributed by atoms with van der Waals surface area (Å²) in [5.74, 6) is 1.28. The van der Waals surface area contributed by atoms with E-state index in [1.165, 1.54) is 11.1 Å². The summed E-state index contributed by atoms with van der Waals surface area (Å²) < 4.78 is 0. The highest BCUT2D eigenvalue weighted by Crippen LogP contribution is 2.30. The number of rotatable bonds is 5. The first-order valence-corrected chi connectivity index (χ1v) is 9.06. The number of likely N-dealkylation sites (tertiary alicyclic amines) is 1.